The summed E-state index contributed by atoms with van der Waals surface area (Å²) in [4.78, 5) is 40.2. The van der Waals surface area contributed by atoms with Gasteiger partial charge in [0.15, 0.2) is 0 Å². The lowest BCUT2D eigenvalue weighted by molar-refractivity contribution is -0.140. The number of hydrogen-bond acceptors (Lipinski definition) is 8. The molecule has 0 fully saturated rings. The van der Waals surface area contributed by atoms with Gasteiger partial charge in [-0.3, -0.25) is 19.2 Å². The van der Waals surface area contributed by atoms with Gasteiger partial charge in [0, 0.05) is 0 Å². The van der Waals surface area contributed by atoms with Gasteiger partial charge in [0.05, 0.1) is 0 Å². The molecule has 0 aromatic carbocycles. The summed E-state index contributed by atoms with van der Waals surface area (Å²) in [5.41, 5.74) is 20.7. The van der Waals surface area contributed by atoms with Crippen molar-refractivity contribution in [3.8, 4) is 0 Å². The van der Waals surface area contributed by atoms with E-state index in [-0.39, 0.29) is 17.8 Å². The molecule has 0 aromatic heterocycles. The minimum absolute atomic E-state index is 0.0208. The van der Waals surface area contributed by atoms with Crippen molar-refractivity contribution < 1.29 is 39.6 Å². The Morgan fingerprint density at radius 1 is 0.515 bits per heavy atom. The molecule has 0 amide bonds. The summed E-state index contributed by atoms with van der Waals surface area (Å²) < 4.78 is 0. The van der Waals surface area contributed by atoms with Crippen molar-refractivity contribution in [1.29, 1.82) is 0 Å². The van der Waals surface area contributed by atoms with Crippen molar-refractivity contribution in [1.82, 2.24) is 0 Å². The van der Waals surface area contributed by atoms with Gasteiger partial charge in [-0.2, -0.15) is 0 Å². The molecule has 0 bridgehead atoms. The summed E-state index contributed by atoms with van der Waals surface area (Å²) in [6.45, 7) is 14.6. The Kier molecular flexibility index (Phi) is 23.4. The Bertz CT molecular complexity index is 511. The Morgan fingerprint density at radius 3 is 0.758 bits per heavy atom. The number of carbonyl (C=O) groups is 4. The van der Waals surface area contributed by atoms with E-state index >= 15 is 0 Å². The minimum atomic E-state index is -0.931. The maximum absolute atomic E-state index is 10.1. The molecule has 198 valence electrons. The molecule has 0 aliphatic rings. The van der Waals surface area contributed by atoms with Gasteiger partial charge >= 0.3 is 23.9 Å². The van der Waals surface area contributed by atoms with Gasteiger partial charge in [-0.25, -0.2) is 0 Å². The third-order valence-corrected chi connectivity index (χ3v) is 4.05. The van der Waals surface area contributed by atoms with Crippen molar-refractivity contribution >= 4 is 23.9 Å². The van der Waals surface area contributed by atoms with Gasteiger partial charge in [0.25, 0.3) is 0 Å². The van der Waals surface area contributed by atoms with Crippen LogP contribution in [0.5, 0.6) is 0 Å². The Labute approximate surface area is 196 Å². The standard InChI is InChI=1S/C6H13NO2.3C5H11NO2/c1-4(2)3-5(7)6(8)9;3*1-3(2)4(6)5(7)8/h4-5H,3,7H2,1-2H3,(H,8,9);3*3-4H,6H2,1-2H3,(H,7,8). The largest absolute Gasteiger partial charge is 0.480 e. The first-order chi connectivity index (χ1) is 14.7. The molecule has 0 spiro atoms. The fourth-order valence-electron chi connectivity index (χ4n) is 1.46. The third kappa shape index (κ3) is 25.9. The number of hydrogen-bond donors (Lipinski definition) is 8. The molecular weight excluding hydrogens is 436 g/mol. The van der Waals surface area contributed by atoms with Crippen molar-refractivity contribution in [2.45, 2.75) is 86.0 Å². The van der Waals surface area contributed by atoms with E-state index in [0.717, 1.165) is 0 Å². The summed E-state index contributed by atoms with van der Waals surface area (Å²) in [7, 11) is 0. The first-order valence-electron chi connectivity index (χ1n) is 10.6. The first kappa shape index (κ1) is 38.0. The van der Waals surface area contributed by atoms with Crippen LogP contribution in [0.1, 0.15) is 61.8 Å². The van der Waals surface area contributed by atoms with Crippen molar-refractivity contribution in [3.63, 3.8) is 0 Å². The molecule has 0 aromatic rings. The number of nitrogens with two attached hydrogens (primary N) is 4. The fraction of sp³-hybridized carbons (Fsp3) is 0.810. The number of carboxylic acids is 4. The van der Waals surface area contributed by atoms with Crippen LogP contribution in [0.25, 0.3) is 0 Å². The molecule has 4 unspecified atom stereocenters. The van der Waals surface area contributed by atoms with Crippen LogP contribution in [0.3, 0.4) is 0 Å². The molecule has 0 saturated heterocycles. The summed E-state index contributed by atoms with van der Waals surface area (Å²) in [5.74, 6) is -3.28. The first-order valence-corrected chi connectivity index (χ1v) is 10.6. The second-order valence-corrected chi connectivity index (χ2v) is 8.90. The maximum atomic E-state index is 10.1. The highest BCUT2D eigenvalue weighted by Crippen LogP contribution is 2.01. The molecule has 0 radical (unpaired) electrons. The molecule has 0 heterocycles. The van der Waals surface area contributed by atoms with E-state index in [2.05, 4.69) is 0 Å². The normalized spacial score (nSPS) is 13.9. The Hall–Kier alpha value is -2.28. The van der Waals surface area contributed by atoms with Crippen molar-refractivity contribution in [2.75, 3.05) is 0 Å². The average molecular weight is 483 g/mol. The second kappa shape index (κ2) is 20.3. The van der Waals surface area contributed by atoms with Crippen LogP contribution >= 0.6 is 0 Å². The van der Waals surface area contributed by atoms with E-state index in [9.17, 15) is 19.2 Å². The highest BCUT2D eigenvalue weighted by Gasteiger charge is 2.15. The predicted octanol–water partition coefficient (Wildman–Crippen LogP) is 0.607. The molecule has 0 saturated carbocycles. The molecule has 0 rings (SSSR count). The average Bonchev–Trinajstić information content (AvgIpc) is 2.66. The van der Waals surface area contributed by atoms with Gasteiger partial charge in [0.2, 0.25) is 0 Å². The van der Waals surface area contributed by atoms with Crippen LogP contribution in [0.15, 0.2) is 0 Å². The van der Waals surface area contributed by atoms with E-state index in [4.69, 9.17) is 43.4 Å². The van der Waals surface area contributed by atoms with Crippen LogP contribution < -0.4 is 22.9 Å². The summed E-state index contributed by atoms with van der Waals surface area (Å²) in [5, 5.41) is 33.0. The highest BCUT2D eigenvalue weighted by atomic mass is 16.4. The van der Waals surface area contributed by atoms with Gasteiger partial charge in [-0.1, -0.05) is 55.4 Å². The lowest BCUT2D eigenvalue weighted by atomic mass is 10.1. The molecular formula is C21H46N4O8. The number of aliphatic carboxylic acids is 4. The third-order valence-electron chi connectivity index (χ3n) is 4.05. The summed E-state index contributed by atoms with van der Waals surface area (Å²) in [6, 6.07) is -2.83. The van der Waals surface area contributed by atoms with Gasteiger partial charge < -0.3 is 43.4 Å². The molecule has 12 N–H and O–H groups in total. The SMILES string of the molecule is CC(C)C(N)C(=O)O.CC(C)C(N)C(=O)O.CC(C)C(N)C(=O)O.CC(C)CC(N)C(=O)O. The van der Waals surface area contributed by atoms with E-state index in [1.165, 1.54) is 0 Å². The van der Waals surface area contributed by atoms with Crippen molar-refractivity contribution in [3.05, 3.63) is 0 Å². The lowest BCUT2D eigenvalue weighted by Gasteiger charge is -2.07. The van der Waals surface area contributed by atoms with Gasteiger partial charge in [0.1, 0.15) is 24.2 Å². The van der Waals surface area contributed by atoms with Crippen LogP contribution in [0.2, 0.25) is 0 Å². The van der Waals surface area contributed by atoms with Gasteiger partial charge in [-0.15, -0.1) is 0 Å². The van der Waals surface area contributed by atoms with Gasteiger partial charge in [-0.05, 0) is 30.1 Å². The topological polar surface area (TPSA) is 253 Å². The molecule has 0 aliphatic carbocycles. The highest BCUT2D eigenvalue weighted by molar-refractivity contribution is 5.74. The van der Waals surface area contributed by atoms with Crippen LogP contribution in [0.4, 0.5) is 0 Å². The summed E-state index contributed by atoms with van der Waals surface area (Å²) >= 11 is 0. The van der Waals surface area contributed by atoms with Crippen LogP contribution in [-0.2, 0) is 19.2 Å². The van der Waals surface area contributed by atoms with Crippen molar-refractivity contribution in [2.24, 2.45) is 46.6 Å². The van der Waals surface area contributed by atoms with E-state index in [0.29, 0.717) is 12.3 Å². The zero-order valence-corrected chi connectivity index (χ0v) is 21.1. The zero-order valence-electron chi connectivity index (χ0n) is 21.1. The second-order valence-electron chi connectivity index (χ2n) is 8.90. The van der Waals surface area contributed by atoms with E-state index in [1.54, 1.807) is 41.5 Å². The predicted molar refractivity (Wildman–Crippen MR) is 126 cm³/mol. The molecule has 4 atom stereocenters. The fourth-order valence-corrected chi connectivity index (χ4v) is 1.46. The maximum Gasteiger partial charge on any atom is 0.320 e. The Morgan fingerprint density at radius 2 is 0.727 bits per heavy atom. The van der Waals surface area contributed by atoms with Crippen LogP contribution in [0, 0.1) is 23.7 Å². The summed E-state index contributed by atoms with van der Waals surface area (Å²) in [6.07, 6.45) is 0.551. The lowest BCUT2D eigenvalue weighted by Crippen LogP contribution is -2.34. The quantitative estimate of drug-likeness (QED) is 0.225. The molecule has 0 aliphatic heterocycles. The zero-order chi connectivity index (χ0) is 27.6. The monoisotopic (exact) mass is 482 g/mol. The van der Waals surface area contributed by atoms with Crippen LogP contribution in [-0.4, -0.2) is 68.5 Å². The number of rotatable bonds is 9. The molecule has 12 nitrogen and oxygen atoms in total. The smallest absolute Gasteiger partial charge is 0.320 e. The minimum Gasteiger partial charge on any atom is -0.480 e. The molecule has 12 heteroatoms. The number of carboxylic acid groups (broad SMARTS) is 4. The molecule has 33 heavy (non-hydrogen) atoms. The Balaban J connectivity index is -0.000000170. The van der Waals surface area contributed by atoms with E-state index < -0.39 is 48.0 Å². The van der Waals surface area contributed by atoms with E-state index in [1.807, 2.05) is 13.8 Å².